The van der Waals surface area contributed by atoms with Crippen LogP contribution in [0.1, 0.15) is 38.5 Å². The fourth-order valence-electron chi connectivity index (χ4n) is 4.39. The molecule has 1 N–H and O–H groups in total. The van der Waals surface area contributed by atoms with E-state index in [1.165, 1.54) is 38.6 Å². The van der Waals surface area contributed by atoms with Gasteiger partial charge in [0, 0.05) is 25.7 Å². The number of nitrogens with one attached hydrogen (secondary N) is 1. The molecule has 0 aromatic heterocycles. The van der Waals surface area contributed by atoms with E-state index in [-0.39, 0.29) is 5.54 Å². The third-order valence-corrected chi connectivity index (χ3v) is 5.37. The van der Waals surface area contributed by atoms with Gasteiger partial charge in [-0.2, -0.15) is 0 Å². The minimum absolute atomic E-state index is 0.0257. The standard InChI is InChI=1S/C17H30N2O2/c1-2-10-19-11-5-3-7-15(19)17(14-20-13-9-18-17)16-8-4-6-12-21-16/h2,15-16,18H,1,3-14H2. The number of likely N-dealkylation sites (tertiary alicyclic amines) is 1. The summed E-state index contributed by atoms with van der Waals surface area (Å²) in [6.07, 6.45) is 9.83. The van der Waals surface area contributed by atoms with Crippen LogP contribution in [0.4, 0.5) is 0 Å². The van der Waals surface area contributed by atoms with Gasteiger partial charge in [-0.05, 0) is 38.6 Å². The van der Waals surface area contributed by atoms with Crippen LogP contribution in [-0.4, -0.2) is 62.0 Å². The summed E-state index contributed by atoms with van der Waals surface area (Å²) in [5, 5.41) is 3.83. The maximum Gasteiger partial charge on any atom is 0.0840 e. The van der Waals surface area contributed by atoms with Crippen LogP contribution in [0.25, 0.3) is 0 Å². The molecule has 120 valence electrons. The third kappa shape index (κ3) is 3.19. The molecule has 3 heterocycles. The maximum absolute atomic E-state index is 6.21. The Hall–Kier alpha value is -0.420. The number of morpholine rings is 1. The number of piperidine rings is 1. The van der Waals surface area contributed by atoms with Crippen molar-refractivity contribution in [3.8, 4) is 0 Å². The highest BCUT2D eigenvalue weighted by Gasteiger charge is 2.50. The largest absolute Gasteiger partial charge is 0.378 e. The fourth-order valence-corrected chi connectivity index (χ4v) is 4.39. The summed E-state index contributed by atoms with van der Waals surface area (Å²) in [5.41, 5.74) is -0.0257. The Morgan fingerprint density at radius 1 is 1.19 bits per heavy atom. The molecule has 0 aliphatic carbocycles. The molecule has 0 aromatic carbocycles. The molecule has 3 saturated heterocycles. The zero-order chi connectivity index (χ0) is 14.5. The molecule has 3 aliphatic rings. The first-order chi connectivity index (χ1) is 10.4. The Labute approximate surface area is 128 Å². The second kappa shape index (κ2) is 7.23. The Morgan fingerprint density at radius 2 is 2.10 bits per heavy atom. The van der Waals surface area contributed by atoms with Gasteiger partial charge in [-0.25, -0.2) is 0 Å². The second-order valence-electron chi connectivity index (χ2n) is 6.67. The van der Waals surface area contributed by atoms with E-state index in [9.17, 15) is 0 Å². The van der Waals surface area contributed by atoms with Gasteiger partial charge in [0.25, 0.3) is 0 Å². The van der Waals surface area contributed by atoms with Crippen molar-refractivity contribution in [2.75, 3.05) is 39.5 Å². The highest BCUT2D eigenvalue weighted by Crippen LogP contribution is 2.35. The zero-order valence-corrected chi connectivity index (χ0v) is 13.2. The molecule has 0 bridgehead atoms. The molecule has 0 radical (unpaired) electrons. The molecule has 3 rings (SSSR count). The molecule has 4 heteroatoms. The lowest BCUT2D eigenvalue weighted by Crippen LogP contribution is -2.72. The van der Waals surface area contributed by atoms with Gasteiger partial charge in [0.2, 0.25) is 0 Å². The molecule has 0 saturated carbocycles. The van der Waals surface area contributed by atoms with Crippen molar-refractivity contribution in [2.45, 2.75) is 56.2 Å². The summed E-state index contributed by atoms with van der Waals surface area (Å²) in [5.74, 6) is 0. The minimum atomic E-state index is -0.0257. The number of hydrogen-bond acceptors (Lipinski definition) is 4. The number of hydrogen-bond donors (Lipinski definition) is 1. The normalized spacial score (nSPS) is 39.0. The summed E-state index contributed by atoms with van der Waals surface area (Å²) >= 11 is 0. The predicted octanol–water partition coefficient (Wildman–Crippen LogP) is 1.95. The summed E-state index contributed by atoms with van der Waals surface area (Å²) in [4.78, 5) is 2.59. The first kappa shape index (κ1) is 15.5. The molecule has 0 aromatic rings. The van der Waals surface area contributed by atoms with Gasteiger partial charge in [-0.15, -0.1) is 6.58 Å². The molecule has 3 fully saturated rings. The summed E-state index contributed by atoms with van der Waals surface area (Å²) in [7, 11) is 0. The van der Waals surface area contributed by atoms with Crippen LogP contribution in [-0.2, 0) is 9.47 Å². The molecule has 3 atom stereocenters. The quantitative estimate of drug-likeness (QED) is 0.804. The van der Waals surface area contributed by atoms with Crippen molar-refractivity contribution < 1.29 is 9.47 Å². The van der Waals surface area contributed by atoms with Crippen molar-refractivity contribution in [1.82, 2.24) is 10.2 Å². The van der Waals surface area contributed by atoms with Crippen LogP contribution in [0, 0.1) is 0 Å². The number of nitrogens with zero attached hydrogens (tertiary/aromatic N) is 1. The van der Waals surface area contributed by atoms with E-state index in [1.807, 2.05) is 6.08 Å². The summed E-state index contributed by atoms with van der Waals surface area (Å²) in [6, 6.07) is 0.507. The van der Waals surface area contributed by atoms with Gasteiger partial charge in [0.1, 0.15) is 0 Å². The van der Waals surface area contributed by atoms with E-state index in [1.54, 1.807) is 0 Å². The van der Waals surface area contributed by atoms with Crippen LogP contribution < -0.4 is 5.32 Å². The highest BCUT2D eigenvalue weighted by atomic mass is 16.5. The van der Waals surface area contributed by atoms with Crippen LogP contribution in [0.2, 0.25) is 0 Å². The highest BCUT2D eigenvalue weighted by molar-refractivity contribution is 5.09. The molecular formula is C17H30N2O2. The van der Waals surface area contributed by atoms with Crippen LogP contribution in [0.5, 0.6) is 0 Å². The Bertz CT molecular complexity index is 336. The van der Waals surface area contributed by atoms with E-state index < -0.39 is 0 Å². The molecule has 21 heavy (non-hydrogen) atoms. The van der Waals surface area contributed by atoms with Crippen LogP contribution >= 0.6 is 0 Å². The van der Waals surface area contributed by atoms with Gasteiger partial charge < -0.3 is 14.8 Å². The smallest absolute Gasteiger partial charge is 0.0840 e. The molecule has 3 unspecified atom stereocenters. The average Bonchev–Trinajstić information content (AvgIpc) is 2.57. The number of ether oxygens (including phenoxy) is 2. The molecule has 0 amide bonds. The lowest BCUT2D eigenvalue weighted by molar-refractivity contribution is -0.127. The average molecular weight is 294 g/mol. The molecule has 3 aliphatic heterocycles. The van der Waals surface area contributed by atoms with Crippen LogP contribution in [0.3, 0.4) is 0 Å². The topological polar surface area (TPSA) is 33.7 Å². The van der Waals surface area contributed by atoms with Gasteiger partial charge in [-0.3, -0.25) is 4.90 Å². The lowest BCUT2D eigenvalue weighted by Gasteiger charge is -2.54. The Morgan fingerprint density at radius 3 is 2.81 bits per heavy atom. The van der Waals surface area contributed by atoms with Gasteiger partial charge in [0.05, 0.1) is 24.9 Å². The van der Waals surface area contributed by atoms with Crippen LogP contribution in [0.15, 0.2) is 12.7 Å². The minimum Gasteiger partial charge on any atom is -0.378 e. The van der Waals surface area contributed by atoms with E-state index >= 15 is 0 Å². The van der Waals surface area contributed by atoms with Gasteiger partial charge in [-0.1, -0.05) is 12.5 Å². The van der Waals surface area contributed by atoms with E-state index in [0.29, 0.717) is 12.1 Å². The van der Waals surface area contributed by atoms with Crippen molar-refractivity contribution in [2.24, 2.45) is 0 Å². The molecule has 4 nitrogen and oxygen atoms in total. The number of rotatable bonds is 4. The summed E-state index contributed by atoms with van der Waals surface area (Å²) in [6.45, 7) is 9.55. The SMILES string of the molecule is C=CCN1CCCCC1C1(C2CCCCO2)COCCN1. The van der Waals surface area contributed by atoms with E-state index in [2.05, 4.69) is 16.8 Å². The van der Waals surface area contributed by atoms with Crippen molar-refractivity contribution in [3.63, 3.8) is 0 Å². The fraction of sp³-hybridized carbons (Fsp3) is 0.882. The van der Waals surface area contributed by atoms with Gasteiger partial charge in [0.15, 0.2) is 0 Å². The van der Waals surface area contributed by atoms with Gasteiger partial charge >= 0.3 is 0 Å². The first-order valence-electron chi connectivity index (χ1n) is 8.66. The van der Waals surface area contributed by atoms with Crippen molar-refractivity contribution in [1.29, 1.82) is 0 Å². The summed E-state index contributed by atoms with van der Waals surface area (Å²) < 4.78 is 12.1. The predicted molar refractivity (Wildman–Crippen MR) is 84.6 cm³/mol. The van der Waals surface area contributed by atoms with E-state index in [4.69, 9.17) is 9.47 Å². The van der Waals surface area contributed by atoms with Crippen molar-refractivity contribution >= 4 is 0 Å². The third-order valence-electron chi connectivity index (χ3n) is 5.37. The maximum atomic E-state index is 6.21. The monoisotopic (exact) mass is 294 g/mol. The second-order valence-corrected chi connectivity index (χ2v) is 6.67. The van der Waals surface area contributed by atoms with E-state index in [0.717, 1.165) is 39.3 Å². The Kier molecular flexibility index (Phi) is 5.33. The van der Waals surface area contributed by atoms with Crippen molar-refractivity contribution in [3.05, 3.63) is 12.7 Å². The zero-order valence-electron chi connectivity index (χ0n) is 13.2. The Balaban J connectivity index is 1.83. The lowest BCUT2D eigenvalue weighted by atomic mass is 9.76. The first-order valence-corrected chi connectivity index (χ1v) is 8.66. The molecule has 0 spiro atoms. The molecular weight excluding hydrogens is 264 g/mol.